The smallest absolute Gasteiger partial charge is 0.373 e. The van der Waals surface area contributed by atoms with Crippen molar-refractivity contribution >= 4 is 92.8 Å². The zero-order valence-corrected chi connectivity index (χ0v) is 23.5. The minimum absolute atomic E-state index is 0.0587. The Morgan fingerprint density at radius 3 is 2.44 bits per heavy atom. The summed E-state index contributed by atoms with van der Waals surface area (Å²) < 4.78 is 41.7. The number of benzene rings is 2. The Kier molecular flexibility index (Phi) is 8.50. The number of anilines is 2. The molecule has 1 fully saturated rings. The van der Waals surface area contributed by atoms with Gasteiger partial charge in [0.1, 0.15) is 15.6 Å². The first-order valence-electron chi connectivity index (χ1n) is 11.2. The molecule has 4 N–H and O–H groups in total. The number of allylic oxidation sites excluding steroid dienone is 4. The zero-order chi connectivity index (χ0) is 28.8. The lowest BCUT2D eigenvalue weighted by atomic mass is 10.0. The summed E-state index contributed by atoms with van der Waals surface area (Å²) in [6.07, 6.45) is 3.84. The van der Waals surface area contributed by atoms with E-state index in [0.29, 0.717) is 23.1 Å². The number of carbonyl (C=O) groups is 2. The standard InChI is InChI=1S/C25H17Cl5F3N3O3/c1-9(37)34-21-16(31)8-17(32)22(20(21)33)36-23(38)14-7-13(2-3-15(14)28)35-24(39)19-18(25(19,29)30)10-4-11(26)6-12(27)5-10/h2-5,7-8,11,18-19H,6H2,1H3,(H,34,37)(H,35,39)(H,36,38)/p+1/t11?,18-,19+/m0/s1. The van der Waals surface area contributed by atoms with Crippen LogP contribution < -0.4 is 15.6 Å². The second-order valence-corrected chi connectivity index (χ2v) is 11.7. The fourth-order valence-corrected chi connectivity index (χ4v) is 5.91. The van der Waals surface area contributed by atoms with E-state index in [-0.39, 0.29) is 21.7 Å². The van der Waals surface area contributed by atoms with Crippen molar-refractivity contribution in [3.05, 3.63) is 75.1 Å². The van der Waals surface area contributed by atoms with Gasteiger partial charge < -0.3 is 15.7 Å². The Morgan fingerprint density at radius 1 is 1.10 bits per heavy atom. The van der Waals surface area contributed by atoms with Crippen LogP contribution in [-0.4, -0.2) is 32.5 Å². The van der Waals surface area contributed by atoms with E-state index in [4.69, 9.17) is 58.0 Å². The van der Waals surface area contributed by atoms with Crippen molar-refractivity contribution in [2.75, 3.05) is 10.6 Å². The quantitative estimate of drug-likeness (QED) is 0.181. The fraction of sp³-hybridized carbons (Fsp3) is 0.240. The lowest BCUT2D eigenvalue weighted by Crippen LogP contribution is -2.68. The van der Waals surface area contributed by atoms with Gasteiger partial charge in [0.25, 0.3) is 5.69 Å². The maximum absolute atomic E-state index is 14.8. The van der Waals surface area contributed by atoms with Crippen molar-refractivity contribution < 1.29 is 32.9 Å². The molecule has 2 aliphatic rings. The van der Waals surface area contributed by atoms with E-state index in [1.54, 1.807) is 12.2 Å². The molecule has 0 bridgehead atoms. The van der Waals surface area contributed by atoms with Crippen molar-refractivity contribution in [3.63, 3.8) is 0 Å². The van der Waals surface area contributed by atoms with Crippen LogP contribution in [0.25, 0.3) is 0 Å². The number of nitrogens with one attached hydrogen (secondary N) is 3. The second kappa shape index (κ2) is 11.2. The first-order chi connectivity index (χ1) is 18.2. The third kappa shape index (κ3) is 6.18. The molecule has 39 heavy (non-hydrogen) atoms. The normalized spacial score (nSPS) is 22.1. The Hall–Kier alpha value is -2.43. The number of rotatable bonds is 6. The van der Waals surface area contributed by atoms with Gasteiger partial charge in [0.2, 0.25) is 23.4 Å². The van der Waals surface area contributed by atoms with E-state index in [2.05, 4.69) is 10.3 Å². The molecular formula is C25H18Cl5F3N3O3+. The van der Waals surface area contributed by atoms with Crippen LogP contribution in [0.15, 0.2) is 47.0 Å². The summed E-state index contributed by atoms with van der Waals surface area (Å²) in [6.45, 7) is 1.01. The van der Waals surface area contributed by atoms with Crippen molar-refractivity contribution in [3.8, 4) is 0 Å². The number of aliphatic hydroxyl groups excluding tert-OH is 1. The molecule has 0 saturated heterocycles. The summed E-state index contributed by atoms with van der Waals surface area (Å²) >= 11 is 31.3. The fourth-order valence-electron chi connectivity index (χ4n) is 4.19. The molecule has 0 aromatic heterocycles. The van der Waals surface area contributed by atoms with Gasteiger partial charge in [0.05, 0.1) is 16.3 Å². The maximum atomic E-state index is 14.8. The molecule has 1 saturated carbocycles. The average Bonchev–Trinajstić information content (AvgIpc) is 3.41. The molecule has 2 amide bonds. The minimum atomic E-state index is -1.50. The molecule has 2 aromatic carbocycles. The molecule has 206 valence electrons. The van der Waals surface area contributed by atoms with Gasteiger partial charge in [-0.15, -0.1) is 34.8 Å². The minimum Gasteiger partial charge on any atom is -0.459 e. The first-order valence-corrected chi connectivity index (χ1v) is 13.1. The predicted octanol–water partition coefficient (Wildman–Crippen LogP) is 5.85. The molecule has 2 aliphatic carbocycles. The van der Waals surface area contributed by atoms with Gasteiger partial charge in [-0.2, -0.15) is 13.8 Å². The summed E-state index contributed by atoms with van der Waals surface area (Å²) in [5.41, 5.74) is -1.26. The highest BCUT2D eigenvalue weighted by Gasteiger charge is 2.68. The largest absolute Gasteiger partial charge is 0.459 e. The van der Waals surface area contributed by atoms with Crippen molar-refractivity contribution in [1.82, 2.24) is 0 Å². The molecule has 4 rings (SSSR count). The van der Waals surface area contributed by atoms with E-state index in [0.717, 1.165) is 6.92 Å². The number of halogens is 8. The number of hydrogen-bond acceptors (Lipinski definition) is 2. The summed E-state index contributed by atoms with van der Waals surface area (Å²) in [4.78, 5) is 26.4. The Morgan fingerprint density at radius 2 is 1.79 bits per heavy atom. The number of hydrogen-bond donors (Lipinski definition) is 4. The number of carbonyl (C=O) groups excluding carboxylic acids is 2. The van der Waals surface area contributed by atoms with Gasteiger partial charge in [0.15, 0.2) is 5.82 Å². The number of alkyl halides is 3. The average molecular weight is 643 g/mol. The highest BCUT2D eigenvalue weighted by molar-refractivity contribution is 6.53. The lowest BCUT2D eigenvalue weighted by molar-refractivity contribution is -0.370. The summed E-state index contributed by atoms with van der Waals surface area (Å²) in [5.74, 6) is -7.87. The van der Waals surface area contributed by atoms with Crippen LogP contribution in [0.1, 0.15) is 18.9 Å². The molecule has 2 aromatic rings. The Labute approximate surface area is 245 Å². The van der Waals surface area contributed by atoms with Crippen LogP contribution in [0, 0.1) is 29.3 Å². The monoisotopic (exact) mass is 640 g/mol. The Bertz CT molecular complexity index is 1480. The van der Waals surface area contributed by atoms with E-state index in [9.17, 15) is 27.9 Å². The predicted molar refractivity (Wildman–Crippen MR) is 146 cm³/mol. The molecule has 0 heterocycles. The van der Waals surface area contributed by atoms with E-state index in [1.165, 1.54) is 18.2 Å². The maximum Gasteiger partial charge on any atom is 0.373 e. The SMILES string of the molecule is CC(=O)Nc1c(F)cc(F)c([NH+]=C(O)c2cc(NC(=O)[C@H]3[C@H](C4=CC(Cl)CC(Cl)=C4)C3(Cl)Cl)ccc2Cl)c1F. The third-order valence-electron chi connectivity index (χ3n) is 5.99. The molecule has 3 atom stereocenters. The van der Waals surface area contributed by atoms with Crippen LogP contribution in [0.3, 0.4) is 0 Å². The topological polar surface area (TPSA) is 92.4 Å². The number of amides is 2. The molecule has 6 nitrogen and oxygen atoms in total. The molecular weight excluding hydrogens is 625 g/mol. The van der Waals surface area contributed by atoms with E-state index >= 15 is 0 Å². The molecule has 0 aliphatic heterocycles. The summed E-state index contributed by atoms with van der Waals surface area (Å²) in [6, 6.07) is 4.28. The Balaban J connectivity index is 1.60. The van der Waals surface area contributed by atoms with Crippen LogP contribution in [-0.2, 0) is 9.59 Å². The van der Waals surface area contributed by atoms with Gasteiger partial charge in [-0.05, 0) is 29.8 Å². The summed E-state index contributed by atoms with van der Waals surface area (Å²) in [5, 5.41) is 15.2. The van der Waals surface area contributed by atoms with Crippen LogP contribution in [0.4, 0.5) is 30.2 Å². The van der Waals surface area contributed by atoms with Gasteiger partial charge in [-0.3, -0.25) is 9.59 Å². The van der Waals surface area contributed by atoms with E-state index in [1.807, 2.05) is 5.32 Å². The highest BCUT2D eigenvalue weighted by atomic mass is 35.5. The van der Waals surface area contributed by atoms with Crippen LogP contribution >= 0.6 is 58.0 Å². The highest BCUT2D eigenvalue weighted by Crippen LogP contribution is 2.63. The van der Waals surface area contributed by atoms with Gasteiger partial charge in [-0.1, -0.05) is 29.3 Å². The lowest BCUT2D eigenvalue weighted by Gasteiger charge is -2.14. The first kappa shape index (κ1) is 29.6. The number of aliphatic hydroxyl groups is 1. The second-order valence-electron chi connectivity index (χ2n) is 8.85. The van der Waals surface area contributed by atoms with Crippen molar-refractivity contribution in [2.24, 2.45) is 11.8 Å². The third-order valence-corrected chi connectivity index (χ3v) is 7.80. The summed E-state index contributed by atoms with van der Waals surface area (Å²) in [7, 11) is 0. The molecule has 14 heteroatoms. The van der Waals surface area contributed by atoms with Crippen LogP contribution in [0.5, 0.6) is 0 Å². The zero-order valence-electron chi connectivity index (χ0n) is 19.7. The molecule has 0 radical (unpaired) electrons. The van der Waals surface area contributed by atoms with Gasteiger partial charge >= 0.3 is 5.90 Å². The van der Waals surface area contributed by atoms with E-state index < -0.39 is 62.7 Å². The van der Waals surface area contributed by atoms with Gasteiger partial charge in [-0.25, -0.2) is 4.39 Å². The van der Waals surface area contributed by atoms with Crippen molar-refractivity contribution in [1.29, 1.82) is 0 Å². The molecule has 1 unspecified atom stereocenters. The molecule has 0 spiro atoms. The van der Waals surface area contributed by atoms with Crippen molar-refractivity contribution in [2.45, 2.75) is 23.1 Å². The van der Waals surface area contributed by atoms with Gasteiger partial charge in [0, 0.05) is 36.0 Å². The van der Waals surface area contributed by atoms with Crippen LogP contribution in [0.2, 0.25) is 5.02 Å².